The minimum Gasteiger partial charge on any atom is -0.380 e. The van der Waals surface area contributed by atoms with E-state index in [9.17, 15) is 8.42 Å². The van der Waals surface area contributed by atoms with Crippen molar-refractivity contribution in [1.82, 2.24) is 4.31 Å². The smallest absolute Gasteiger partial charge is 0.218 e. The molecule has 1 aliphatic heterocycles. The lowest BCUT2D eigenvalue weighted by Crippen LogP contribution is -2.40. The quantitative estimate of drug-likeness (QED) is 0.675. The minimum absolute atomic E-state index is 0.328. The van der Waals surface area contributed by atoms with Gasteiger partial charge in [0, 0.05) is 20.2 Å². The standard InChI is InChI=1S/C8H17NO3S/c1-3-9(2)13(10,11)8-5-4-6-12-7-8/h8H,3-7H2,1-2H3. The van der Waals surface area contributed by atoms with Gasteiger partial charge in [0.2, 0.25) is 10.0 Å². The Morgan fingerprint density at radius 3 is 2.69 bits per heavy atom. The Balaban J connectivity index is 2.67. The molecule has 1 saturated heterocycles. The molecule has 0 saturated carbocycles. The van der Waals surface area contributed by atoms with Gasteiger partial charge in [-0.3, -0.25) is 0 Å². The highest BCUT2D eigenvalue weighted by molar-refractivity contribution is 7.89. The number of nitrogens with zero attached hydrogens (tertiary/aromatic N) is 1. The van der Waals surface area contributed by atoms with Crippen LogP contribution in [0.3, 0.4) is 0 Å². The summed E-state index contributed by atoms with van der Waals surface area (Å²) in [5.74, 6) is 0. The van der Waals surface area contributed by atoms with Gasteiger partial charge in [-0.1, -0.05) is 6.92 Å². The molecule has 1 aliphatic rings. The molecule has 1 unspecified atom stereocenters. The van der Waals surface area contributed by atoms with Gasteiger partial charge in [0.05, 0.1) is 11.9 Å². The molecular weight excluding hydrogens is 190 g/mol. The van der Waals surface area contributed by atoms with E-state index in [0.29, 0.717) is 19.8 Å². The van der Waals surface area contributed by atoms with Crippen LogP contribution >= 0.6 is 0 Å². The van der Waals surface area contributed by atoms with E-state index in [1.54, 1.807) is 7.05 Å². The van der Waals surface area contributed by atoms with Crippen LogP contribution in [0.25, 0.3) is 0 Å². The molecule has 0 radical (unpaired) electrons. The van der Waals surface area contributed by atoms with Crippen LogP contribution in [-0.4, -0.2) is 44.8 Å². The number of rotatable bonds is 3. The predicted molar refractivity (Wildman–Crippen MR) is 51.1 cm³/mol. The van der Waals surface area contributed by atoms with Crippen LogP contribution in [0.15, 0.2) is 0 Å². The Hall–Kier alpha value is -0.130. The highest BCUT2D eigenvalue weighted by atomic mass is 32.2. The molecule has 0 bridgehead atoms. The summed E-state index contributed by atoms with van der Waals surface area (Å²) in [4.78, 5) is 0. The van der Waals surface area contributed by atoms with Crippen LogP contribution in [0.4, 0.5) is 0 Å². The predicted octanol–water partition coefficient (Wildman–Crippen LogP) is 0.447. The Labute approximate surface area is 79.9 Å². The normalized spacial score (nSPS) is 25.0. The molecule has 1 atom stereocenters. The van der Waals surface area contributed by atoms with Crippen LogP contribution in [0, 0.1) is 0 Å². The third kappa shape index (κ3) is 2.42. The first-order chi connectivity index (χ1) is 6.09. The van der Waals surface area contributed by atoms with Crippen LogP contribution in [-0.2, 0) is 14.8 Å². The van der Waals surface area contributed by atoms with Gasteiger partial charge in [-0.15, -0.1) is 0 Å². The summed E-state index contributed by atoms with van der Waals surface area (Å²) in [6.45, 7) is 3.41. The van der Waals surface area contributed by atoms with Crippen LogP contribution in [0.5, 0.6) is 0 Å². The summed E-state index contributed by atoms with van der Waals surface area (Å²) in [6.07, 6.45) is 1.58. The maximum atomic E-state index is 11.8. The van der Waals surface area contributed by atoms with Gasteiger partial charge in [0.15, 0.2) is 0 Å². The fourth-order valence-corrected chi connectivity index (χ4v) is 2.98. The maximum absolute atomic E-state index is 11.8. The van der Waals surface area contributed by atoms with Crippen molar-refractivity contribution in [3.63, 3.8) is 0 Å². The highest BCUT2D eigenvalue weighted by Gasteiger charge is 2.30. The first-order valence-corrected chi connectivity index (χ1v) is 6.12. The number of hydrogen-bond acceptors (Lipinski definition) is 3. The molecule has 4 nitrogen and oxygen atoms in total. The van der Waals surface area contributed by atoms with Gasteiger partial charge in [-0.05, 0) is 12.8 Å². The largest absolute Gasteiger partial charge is 0.380 e. The first-order valence-electron chi connectivity index (χ1n) is 4.62. The van der Waals surface area contributed by atoms with Gasteiger partial charge in [0.25, 0.3) is 0 Å². The Bertz CT molecular complexity index is 244. The Morgan fingerprint density at radius 1 is 1.54 bits per heavy atom. The molecule has 0 aliphatic carbocycles. The Kier molecular flexibility index (Phi) is 3.70. The molecule has 0 amide bonds. The highest BCUT2D eigenvalue weighted by Crippen LogP contribution is 2.17. The molecule has 0 N–H and O–H groups in total. The van der Waals surface area contributed by atoms with E-state index >= 15 is 0 Å². The molecule has 1 fully saturated rings. The van der Waals surface area contributed by atoms with Crippen molar-refractivity contribution in [2.75, 3.05) is 26.8 Å². The van der Waals surface area contributed by atoms with Crippen molar-refractivity contribution in [2.24, 2.45) is 0 Å². The second-order valence-corrected chi connectivity index (χ2v) is 5.62. The summed E-state index contributed by atoms with van der Waals surface area (Å²) in [5.41, 5.74) is 0. The van der Waals surface area contributed by atoms with Crippen LogP contribution in [0.1, 0.15) is 19.8 Å². The van der Waals surface area contributed by atoms with Gasteiger partial charge in [-0.25, -0.2) is 12.7 Å². The molecule has 1 heterocycles. The van der Waals surface area contributed by atoms with Crippen molar-refractivity contribution in [3.8, 4) is 0 Å². The average Bonchev–Trinajstić information content (AvgIpc) is 2.18. The van der Waals surface area contributed by atoms with Gasteiger partial charge < -0.3 is 4.74 Å². The lowest BCUT2D eigenvalue weighted by Gasteiger charge is -2.26. The van der Waals surface area contributed by atoms with Crippen molar-refractivity contribution < 1.29 is 13.2 Å². The Morgan fingerprint density at radius 2 is 2.23 bits per heavy atom. The summed E-state index contributed by atoms with van der Waals surface area (Å²) in [5, 5.41) is -0.328. The zero-order chi connectivity index (χ0) is 9.90. The van der Waals surface area contributed by atoms with Gasteiger partial charge >= 0.3 is 0 Å². The zero-order valence-electron chi connectivity index (χ0n) is 8.19. The number of hydrogen-bond donors (Lipinski definition) is 0. The van der Waals surface area contributed by atoms with Gasteiger partial charge in [-0.2, -0.15) is 0 Å². The molecule has 13 heavy (non-hydrogen) atoms. The molecule has 78 valence electrons. The number of sulfonamides is 1. The lowest BCUT2D eigenvalue weighted by atomic mass is 10.2. The maximum Gasteiger partial charge on any atom is 0.218 e. The fourth-order valence-electron chi connectivity index (χ4n) is 1.38. The fraction of sp³-hybridized carbons (Fsp3) is 1.00. The van der Waals surface area contributed by atoms with Crippen LogP contribution < -0.4 is 0 Å². The van der Waals surface area contributed by atoms with E-state index in [0.717, 1.165) is 12.8 Å². The third-order valence-electron chi connectivity index (χ3n) is 2.42. The first kappa shape index (κ1) is 10.9. The zero-order valence-corrected chi connectivity index (χ0v) is 9.01. The molecule has 0 aromatic rings. The van der Waals surface area contributed by atoms with Crippen LogP contribution in [0.2, 0.25) is 0 Å². The SMILES string of the molecule is CCN(C)S(=O)(=O)C1CCCOC1. The summed E-state index contributed by atoms with van der Waals surface area (Å²) in [7, 11) is -1.49. The van der Waals surface area contributed by atoms with E-state index in [-0.39, 0.29) is 5.25 Å². The van der Waals surface area contributed by atoms with Crippen molar-refractivity contribution in [2.45, 2.75) is 25.0 Å². The van der Waals surface area contributed by atoms with E-state index < -0.39 is 10.0 Å². The van der Waals surface area contributed by atoms with Crippen molar-refractivity contribution in [1.29, 1.82) is 0 Å². The molecule has 0 spiro atoms. The molecular formula is C8H17NO3S. The second-order valence-electron chi connectivity index (χ2n) is 3.30. The summed E-state index contributed by atoms with van der Waals surface area (Å²) >= 11 is 0. The lowest BCUT2D eigenvalue weighted by molar-refractivity contribution is 0.0978. The topological polar surface area (TPSA) is 46.6 Å². The number of ether oxygens (including phenoxy) is 1. The van der Waals surface area contributed by atoms with E-state index in [2.05, 4.69) is 0 Å². The second kappa shape index (κ2) is 4.39. The third-order valence-corrected chi connectivity index (χ3v) is 4.76. The molecule has 5 heteroatoms. The van der Waals surface area contributed by atoms with E-state index in [4.69, 9.17) is 4.74 Å². The molecule has 0 aromatic carbocycles. The molecule has 0 aromatic heterocycles. The summed E-state index contributed by atoms with van der Waals surface area (Å²) in [6, 6.07) is 0. The minimum atomic E-state index is -3.10. The van der Waals surface area contributed by atoms with Crippen molar-refractivity contribution >= 4 is 10.0 Å². The van der Waals surface area contributed by atoms with Crippen molar-refractivity contribution in [3.05, 3.63) is 0 Å². The molecule has 1 rings (SSSR count). The van der Waals surface area contributed by atoms with E-state index in [1.165, 1.54) is 4.31 Å². The summed E-state index contributed by atoms with van der Waals surface area (Å²) < 4.78 is 30.1. The average molecular weight is 207 g/mol. The monoisotopic (exact) mass is 207 g/mol. The van der Waals surface area contributed by atoms with E-state index in [1.807, 2.05) is 6.92 Å². The van der Waals surface area contributed by atoms with Gasteiger partial charge in [0.1, 0.15) is 0 Å².